The van der Waals surface area contributed by atoms with Crippen molar-refractivity contribution in [3.05, 3.63) is 29.3 Å². The van der Waals surface area contributed by atoms with Crippen LogP contribution in [-0.2, 0) is 16.0 Å². The van der Waals surface area contributed by atoms with Crippen molar-refractivity contribution in [2.24, 2.45) is 0 Å². The first kappa shape index (κ1) is 25.4. The molecule has 0 aliphatic heterocycles. The predicted molar refractivity (Wildman–Crippen MR) is 119 cm³/mol. The Morgan fingerprint density at radius 1 is 1.21 bits per heavy atom. The molecule has 1 aromatic carbocycles. The minimum absolute atomic E-state index is 0.164. The highest BCUT2D eigenvalue weighted by molar-refractivity contribution is 6.18. The summed E-state index contributed by atoms with van der Waals surface area (Å²) < 4.78 is 5.26. The second kappa shape index (κ2) is 12.1. The maximum absolute atomic E-state index is 12.1. The number of anilines is 1. The smallest absolute Gasteiger partial charge is 0.407 e. The lowest BCUT2D eigenvalue weighted by molar-refractivity contribution is -0.137. The Labute approximate surface area is 183 Å². The van der Waals surface area contributed by atoms with Gasteiger partial charge in [-0.25, -0.2) is 4.79 Å². The summed E-state index contributed by atoms with van der Waals surface area (Å²) in [5.74, 6) is 0.0354. The van der Waals surface area contributed by atoms with Gasteiger partial charge in [0.2, 0.25) is 0 Å². The van der Waals surface area contributed by atoms with E-state index in [0.717, 1.165) is 16.8 Å². The van der Waals surface area contributed by atoms with E-state index in [2.05, 4.69) is 16.3 Å². The van der Waals surface area contributed by atoms with Gasteiger partial charge in [-0.2, -0.15) is 0 Å². The van der Waals surface area contributed by atoms with Crippen molar-refractivity contribution in [2.45, 2.75) is 58.6 Å². The van der Waals surface area contributed by atoms with Crippen LogP contribution in [0.15, 0.2) is 18.2 Å². The number of carboxylic acids is 1. The van der Waals surface area contributed by atoms with Crippen LogP contribution >= 0.6 is 23.2 Å². The van der Waals surface area contributed by atoms with Gasteiger partial charge in [0.25, 0.3) is 0 Å². The number of carbonyl (C=O) groups excluding carboxylic acids is 1. The molecule has 0 aliphatic rings. The molecule has 0 bridgehead atoms. The maximum atomic E-state index is 12.1. The fourth-order valence-corrected chi connectivity index (χ4v) is 3.35. The van der Waals surface area contributed by atoms with Crippen molar-refractivity contribution in [3.8, 4) is 0 Å². The van der Waals surface area contributed by atoms with Crippen LogP contribution < -0.4 is 10.2 Å². The zero-order valence-corrected chi connectivity index (χ0v) is 19.1. The van der Waals surface area contributed by atoms with Gasteiger partial charge in [-0.05, 0) is 63.8 Å². The maximum Gasteiger partial charge on any atom is 0.407 e. The average Bonchev–Trinajstić information content (AvgIpc) is 2.58. The molecule has 0 aromatic heterocycles. The van der Waals surface area contributed by atoms with E-state index in [1.54, 1.807) is 20.8 Å². The van der Waals surface area contributed by atoms with Gasteiger partial charge in [0, 0.05) is 36.6 Å². The third kappa shape index (κ3) is 10.1. The molecule has 0 aliphatic carbocycles. The lowest BCUT2D eigenvalue weighted by Gasteiger charge is -2.25. The van der Waals surface area contributed by atoms with E-state index in [9.17, 15) is 14.7 Å². The SMILES string of the molecule is Cc1ccc(N(CCCl)CCCl)cc1CC[C@H](CC(=O)O)NC(=O)OC(C)(C)C. The van der Waals surface area contributed by atoms with Crippen molar-refractivity contribution in [2.75, 3.05) is 29.7 Å². The number of rotatable bonds is 11. The molecule has 8 heteroatoms. The normalized spacial score (nSPS) is 12.3. The Balaban J connectivity index is 2.88. The van der Waals surface area contributed by atoms with Crippen LogP contribution in [0.2, 0.25) is 0 Å². The van der Waals surface area contributed by atoms with E-state index >= 15 is 0 Å². The molecule has 6 nitrogen and oxygen atoms in total. The van der Waals surface area contributed by atoms with E-state index in [0.29, 0.717) is 37.7 Å². The lowest BCUT2D eigenvalue weighted by Crippen LogP contribution is -2.40. The molecule has 0 heterocycles. The molecular formula is C21H32Cl2N2O4. The standard InChI is InChI=1S/C21H32Cl2N2O4/c1-15-5-8-18(25(11-9-22)12-10-23)13-16(15)6-7-17(14-19(26)27)24-20(28)29-21(2,3)4/h5,8,13,17H,6-7,9-12,14H2,1-4H3,(H,24,28)(H,26,27)/t17-/m1/s1. The molecule has 2 N–H and O–H groups in total. The molecule has 0 spiro atoms. The van der Waals surface area contributed by atoms with Gasteiger partial charge in [-0.1, -0.05) is 6.07 Å². The molecule has 164 valence electrons. The third-order valence-electron chi connectivity index (χ3n) is 4.31. The summed E-state index contributed by atoms with van der Waals surface area (Å²) in [6.45, 7) is 8.69. The molecule has 0 radical (unpaired) electrons. The largest absolute Gasteiger partial charge is 0.481 e. The first-order valence-electron chi connectivity index (χ1n) is 9.73. The number of alkyl halides is 2. The lowest BCUT2D eigenvalue weighted by atomic mass is 9.98. The number of ether oxygens (including phenoxy) is 1. The number of hydrogen-bond acceptors (Lipinski definition) is 4. The molecular weight excluding hydrogens is 415 g/mol. The molecule has 0 fully saturated rings. The molecule has 29 heavy (non-hydrogen) atoms. The zero-order chi connectivity index (χ0) is 22.0. The number of carboxylic acid groups (broad SMARTS) is 1. The number of nitrogens with one attached hydrogen (secondary N) is 1. The highest BCUT2D eigenvalue weighted by atomic mass is 35.5. The molecule has 0 saturated carbocycles. The molecule has 1 amide bonds. The van der Waals surface area contributed by atoms with Crippen molar-refractivity contribution >= 4 is 41.0 Å². The van der Waals surface area contributed by atoms with Crippen LogP contribution in [0.4, 0.5) is 10.5 Å². The number of nitrogens with zero attached hydrogens (tertiary/aromatic N) is 1. The van der Waals surface area contributed by atoms with Gasteiger partial charge in [-0.15, -0.1) is 23.2 Å². The van der Waals surface area contributed by atoms with E-state index < -0.39 is 23.7 Å². The van der Waals surface area contributed by atoms with Crippen molar-refractivity contribution < 1.29 is 19.4 Å². The quantitative estimate of drug-likeness (QED) is 0.486. The number of benzene rings is 1. The Kier molecular flexibility index (Phi) is 10.6. The Hall–Kier alpha value is -1.66. The molecule has 1 rings (SSSR count). The number of aliphatic carboxylic acids is 1. The number of amides is 1. The number of aryl methyl sites for hydroxylation is 2. The fourth-order valence-electron chi connectivity index (χ4n) is 2.94. The first-order chi connectivity index (χ1) is 13.6. The highest BCUT2D eigenvalue weighted by Crippen LogP contribution is 2.22. The Bertz CT molecular complexity index is 671. The van der Waals surface area contributed by atoms with Gasteiger partial charge in [0.15, 0.2) is 0 Å². The van der Waals surface area contributed by atoms with Crippen LogP contribution in [0.3, 0.4) is 0 Å². The van der Waals surface area contributed by atoms with Gasteiger partial charge < -0.3 is 20.1 Å². The van der Waals surface area contributed by atoms with Gasteiger partial charge >= 0.3 is 12.1 Å². The molecule has 1 aromatic rings. The second-order valence-corrected chi connectivity index (χ2v) is 8.71. The van der Waals surface area contributed by atoms with Gasteiger partial charge in [0.1, 0.15) is 5.60 Å². The zero-order valence-electron chi connectivity index (χ0n) is 17.6. The minimum Gasteiger partial charge on any atom is -0.481 e. The number of hydrogen-bond donors (Lipinski definition) is 2. The second-order valence-electron chi connectivity index (χ2n) is 7.96. The number of alkyl carbamates (subject to hydrolysis) is 1. The first-order valence-corrected chi connectivity index (χ1v) is 10.8. The van der Waals surface area contributed by atoms with Crippen LogP contribution in [0.1, 0.15) is 44.7 Å². The summed E-state index contributed by atoms with van der Waals surface area (Å²) in [4.78, 5) is 25.4. The predicted octanol–water partition coefficient (Wildman–Crippen LogP) is 4.58. The summed E-state index contributed by atoms with van der Waals surface area (Å²) in [7, 11) is 0. The topological polar surface area (TPSA) is 78.9 Å². The highest BCUT2D eigenvalue weighted by Gasteiger charge is 2.21. The van der Waals surface area contributed by atoms with E-state index in [-0.39, 0.29) is 6.42 Å². The van der Waals surface area contributed by atoms with E-state index in [1.165, 1.54) is 0 Å². The van der Waals surface area contributed by atoms with E-state index in [4.69, 9.17) is 27.9 Å². The average molecular weight is 447 g/mol. The van der Waals surface area contributed by atoms with Gasteiger partial charge in [0.05, 0.1) is 6.42 Å². The van der Waals surface area contributed by atoms with E-state index in [1.807, 2.05) is 19.1 Å². The van der Waals surface area contributed by atoms with Crippen LogP contribution in [0, 0.1) is 6.92 Å². The van der Waals surface area contributed by atoms with Crippen LogP contribution in [0.25, 0.3) is 0 Å². The number of carbonyl (C=O) groups is 2. The summed E-state index contributed by atoms with van der Waals surface area (Å²) in [6.07, 6.45) is 0.344. The minimum atomic E-state index is -0.966. The molecule has 0 saturated heterocycles. The van der Waals surface area contributed by atoms with Crippen LogP contribution in [-0.4, -0.2) is 53.7 Å². The molecule has 0 unspecified atom stereocenters. The molecule has 1 atom stereocenters. The Morgan fingerprint density at radius 2 is 1.83 bits per heavy atom. The van der Waals surface area contributed by atoms with Crippen LogP contribution in [0.5, 0.6) is 0 Å². The summed E-state index contributed by atoms with van der Waals surface area (Å²) in [6, 6.07) is 5.63. The number of halogens is 2. The van der Waals surface area contributed by atoms with Crippen molar-refractivity contribution in [1.29, 1.82) is 0 Å². The fraction of sp³-hybridized carbons (Fsp3) is 0.619. The third-order valence-corrected chi connectivity index (χ3v) is 4.65. The monoisotopic (exact) mass is 446 g/mol. The van der Waals surface area contributed by atoms with Crippen molar-refractivity contribution in [3.63, 3.8) is 0 Å². The Morgan fingerprint density at radius 3 is 2.34 bits per heavy atom. The summed E-state index contributed by atoms with van der Waals surface area (Å²) in [5, 5.41) is 11.9. The van der Waals surface area contributed by atoms with Crippen molar-refractivity contribution in [1.82, 2.24) is 5.32 Å². The summed E-state index contributed by atoms with van der Waals surface area (Å²) in [5.41, 5.74) is 2.59. The van der Waals surface area contributed by atoms with Gasteiger partial charge in [-0.3, -0.25) is 4.79 Å². The summed E-state index contributed by atoms with van der Waals surface area (Å²) >= 11 is 11.8.